The molecule has 2 aromatic heterocycles. The first-order chi connectivity index (χ1) is 14.2. The Morgan fingerprint density at radius 2 is 1.90 bits per heavy atom. The summed E-state index contributed by atoms with van der Waals surface area (Å²) in [6.07, 6.45) is 0.721. The van der Waals surface area contributed by atoms with Crippen molar-refractivity contribution in [1.82, 2.24) is 4.98 Å². The summed E-state index contributed by atoms with van der Waals surface area (Å²) in [7, 11) is 0. The van der Waals surface area contributed by atoms with Crippen LogP contribution in [0, 0.1) is 19.8 Å². The van der Waals surface area contributed by atoms with Crippen molar-refractivity contribution in [2.24, 2.45) is 5.92 Å². The SMILES string of the molecule is CCOC(=O)c1c(C)[nH]c(C(=O)C(C)OC(=O)c2ccc(NC(=O)C3CC3)s2)c1C. The highest BCUT2D eigenvalue weighted by Crippen LogP contribution is 2.32. The molecule has 1 aliphatic carbocycles. The van der Waals surface area contributed by atoms with E-state index in [1.807, 2.05) is 0 Å². The third-order valence-electron chi connectivity index (χ3n) is 4.82. The highest BCUT2D eigenvalue weighted by molar-refractivity contribution is 7.18. The highest BCUT2D eigenvalue weighted by Gasteiger charge is 2.30. The smallest absolute Gasteiger partial charge is 0.349 e. The maximum atomic E-state index is 12.8. The van der Waals surface area contributed by atoms with Gasteiger partial charge in [0, 0.05) is 11.6 Å². The van der Waals surface area contributed by atoms with E-state index < -0.39 is 23.8 Å². The fourth-order valence-corrected chi connectivity index (χ4v) is 3.86. The molecular formula is C21H24N2O6S. The molecule has 9 heteroatoms. The number of hydrogen-bond donors (Lipinski definition) is 2. The minimum absolute atomic E-state index is 0.0460. The Balaban J connectivity index is 1.66. The van der Waals surface area contributed by atoms with Crippen LogP contribution in [0.5, 0.6) is 0 Å². The number of amides is 1. The molecule has 0 spiro atoms. The number of thiophene rings is 1. The maximum absolute atomic E-state index is 12.8. The minimum atomic E-state index is -1.06. The molecule has 30 heavy (non-hydrogen) atoms. The molecule has 1 aliphatic rings. The van der Waals surface area contributed by atoms with Gasteiger partial charge in [-0.2, -0.15) is 0 Å². The number of Topliss-reactive ketones (excluding diaryl/α,β-unsaturated/α-hetero) is 1. The van der Waals surface area contributed by atoms with Crippen molar-refractivity contribution < 1.29 is 28.7 Å². The summed E-state index contributed by atoms with van der Waals surface area (Å²) in [6.45, 7) is 6.73. The van der Waals surface area contributed by atoms with E-state index in [4.69, 9.17) is 9.47 Å². The van der Waals surface area contributed by atoms with Crippen molar-refractivity contribution in [2.45, 2.75) is 46.6 Å². The summed E-state index contributed by atoms with van der Waals surface area (Å²) in [5.41, 5.74) is 1.50. The molecule has 3 rings (SSSR count). The first-order valence-electron chi connectivity index (χ1n) is 9.75. The van der Waals surface area contributed by atoms with E-state index >= 15 is 0 Å². The van der Waals surface area contributed by atoms with Crippen molar-refractivity contribution in [3.05, 3.63) is 39.5 Å². The molecular weight excluding hydrogens is 408 g/mol. The lowest BCUT2D eigenvalue weighted by molar-refractivity contribution is -0.117. The quantitative estimate of drug-likeness (QED) is 0.486. The van der Waals surface area contributed by atoms with Crippen molar-refractivity contribution in [2.75, 3.05) is 11.9 Å². The summed E-state index contributed by atoms with van der Waals surface area (Å²) in [6, 6.07) is 3.19. The van der Waals surface area contributed by atoms with Crippen LogP contribution in [0.1, 0.15) is 68.5 Å². The predicted octanol–water partition coefficient (Wildman–Crippen LogP) is 3.65. The van der Waals surface area contributed by atoms with Crippen LogP contribution < -0.4 is 5.32 Å². The molecule has 0 aromatic carbocycles. The molecule has 1 atom stereocenters. The fraction of sp³-hybridized carbons (Fsp3) is 0.429. The standard InChI is InChI=1S/C21H24N2O6S/c1-5-28-21(27)16-10(2)17(22-11(16)3)18(24)12(4)29-20(26)14-8-9-15(30-14)23-19(25)13-6-7-13/h8-9,12-13,22H,5-7H2,1-4H3,(H,23,25). The molecule has 0 bridgehead atoms. The van der Waals surface area contributed by atoms with E-state index in [0.717, 1.165) is 24.2 Å². The number of aromatic nitrogens is 1. The third kappa shape index (κ3) is 4.62. The van der Waals surface area contributed by atoms with Gasteiger partial charge < -0.3 is 19.8 Å². The van der Waals surface area contributed by atoms with E-state index in [2.05, 4.69) is 10.3 Å². The Kier molecular flexibility index (Phi) is 6.40. The zero-order chi connectivity index (χ0) is 22.0. The van der Waals surface area contributed by atoms with Gasteiger partial charge in [-0.05, 0) is 58.2 Å². The average Bonchev–Trinajstić information content (AvgIpc) is 3.37. The number of nitrogens with one attached hydrogen (secondary N) is 2. The van der Waals surface area contributed by atoms with Crippen LogP contribution in [-0.4, -0.2) is 41.3 Å². The summed E-state index contributed by atoms with van der Waals surface area (Å²) < 4.78 is 10.3. The van der Waals surface area contributed by atoms with Gasteiger partial charge in [0.1, 0.15) is 4.88 Å². The van der Waals surface area contributed by atoms with Gasteiger partial charge in [-0.1, -0.05) is 0 Å². The van der Waals surface area contributed by atoms with Crippen LogP contribution in [0.2, 0.25) is 0 Å². The lowest BCUT2D eigenvalue weighted by atomic mass is 10.1. The lowest BCUT2D eigenvalue weighted by Crippen LogP contribution is -2.25. The first kappa shape index (κ1) is 21.8. The summed E-state index contributed by atoms with van der Waals surface area (Å²) >= 11 is 1.10. The van der Waals surface area contributed by atoms with Crippen LogP contribution >= 0.6 is 11.3 Å². The first-order valence-corrected chi connectivity index (χ1v) is 10.6. The molecule has 0 radical (unpaired) electrons. The van der Waals surface area contributed by atoms with Crippen LogP contribution in [0.3, 0.4) is 0 Å². The molecule has 0 aliphatic heterocycles. The van der Waals surface area contributed by atoms with Gasteiger partial charge >= 0.3 is 11.9 Å². The fourth-order valence-electron chi connectivity index (χ4n) is 3.07. The average molecular weight is 432 g/mol. The third-order valence-corrected chi connectivity index (χ3v) is 5.80. The van der Waals surface area contributed by atoms with E-state index in [9.17, 15) is 19.2 Å². The maximum Gasteiger partial charge on any atom is 0.349 e. The van der Waals surface area contributed by atoms with E-state index in [1.54, 1.807) is 32.9 Å². The van der Waals surface area contributed by atoms with Crippen molar-refractivity contribution in [3.8, 4) is 0 Å². The van der Waals surface area contributed by atoms with Crippen LogP contribution in [0.25, 0.3) is 0 Å². The van der Waals surface area contributed by atoms with Gasteiger partial charge in [0.25, 0.3) is 0 Å². The normalized spacial score (nSPS) is 14.1. The Morgan fingerprint density at radius 3 is 2.53 bits per heavy atom. The van der Waals surface area contributed by atoms with Gasteiger partial charge in [0.05, 0.1) is 22.9 Å². The summed E-state index contributed by atoms with van der Waals surface area (Å²) in [5.74, 6) is -1.59. The van der Waals surface area contributed by atoms with Gasteiger partial charge in [0.2, 0.25) is 11.7 Å². The number of anilines is 1. The number of aromatic amines is 1. The number of rotatable bonds is 8. The lowest BCUT2D eigenvalue weighted by Gasteiger charge is -2.11. The van der Waals surface area contributed by atoms with E-state index in [0.29, 0.717) is 21.8 Å². The Labute approximate surface area is 177 Å². The number of aryl methyl sites for hydroxylation is 1. The summed E-state index contributed by atoms with van der Waals surface area (Å²) in [4.78, 5) is 52.3. The monoisotopic (exact) mass is 432 g/mol. The van der Waals surface area contributed by atoms with E-state index in [1.165, 1.54) is 6.92 Å². The summed E-state index contributed by atoms with van der Waals surface area (Å²) in [5, 5.41) is 3.34. The van der Waals surface area contributed by atoms with Crippen LogP contribution in [-0.2, 0) is 14.3 Å². The Hall–Kier alpha value is -2.94. The van der Waals surface area contributed by atoms with Gasteiger partial charge in [-0.3, -0.25) is 9.59 Å². The molecule has 0 saturated heterocycles. The molecule has 2 N–H and O–H groups in total. The number of ketones is 1. The number of carbonyl (C=O) groups excluding carboxylic acids is 4. The Bertz CT molecular complexity index is 1000. The second kappa shape index (κ2) is 8.83. The van der Waals surface area contributed by atoms with Crippen molar-refractivity contribution in [3.63, 3.8) is 0 Å². The van der Waals surface area contributed by atoms with Gasteiger partial charge in [-0.25, -0.2) is 9.59 Å². The van der Waals surface area contributed by atoms with Crippen LogP contribution in [0.4, 0.5) is 5.00 Å². The topological polar surface area (TPSA) is 115 Å². The van der Waals surface area contributed by atoms with Gasteiger partial charge in [-0.15, -0.1) is 11.3 Å². The molecule has 1 saturated carbocycles. The van der Waals surface area contributed by atoms with Crippen molar-refractivity contribution >= 4 is 40.0 Å². The second-order valence-corrected chi connectivity index (χ2v) is 8.27. The molecule has 2 aromatic rings. The van der Waals surface area contributed by atoms with Crippen molar-refractivity contribution in [1.29, 1.82) is 0 Å². The largest absolute Gasteiger partial charge is 0.462 e. The molecule has 1 unspecified atom stereocenters. The molecule has 1 fully saturated rings. The highest BCUT2D eigenvalue weighted by atomic mass is 32.1. The second-order valence-electron chi connectivity index (χ2n) is 7.18. The number of esters is 2. The predicted molar refractivity (Wildman–Crippen MR) is 111 cm³/mol. The van der Waals surface area contributed by atoms with Crippen LogP contribution in [0.15, 0.2) is 12.1 Å². The minimum Gasteiger partial charge on any atom is -0.462 e. The Morgan fingerprint density at radius 1 is 1.20 bits per heavy atom. The van der Waals surface area contributed by atoms with Gasteiger partial charge in [0.15, 0.2) is 6.10 Å². The zero-order valence-corrected chi connectivity index (χ0v) is 18.1. The number of carbonyl (C=O) groups is 4. The molecule has 160 valence electrons. The van der Waals surface area contributed by atoms with E-state index in [-0.39, 0.29) is 29.0 Å². The number of ether oxygens (including phenoxy) is 2. The molecule has 1 amide bonds. The number of H-pyrrole nitrogens is 1. The molecule has 2 heterocycles. The molecule has 8 nitrogen and oxygen atoms in total. The number of hydrogen-bond acceptors (Lipinski definition) is 7. The zero-order valence-electron chi connectivity index (χ0n) is 17.3.